The molecule has 1 heterocycles. The van der Waals surface area contributed by atoms with Gasteiger partial charge < -0.3 is 14.2 Å². The molecule has 0 saturated carbocycles. The highest BCUT2D eigenvalue weighted by Gasteiger charge is 2.25. The molecule has 0 saturated heterocycles. The molecule has 0 radical (unpaired) electrons. The van der Waals surface area contributed by atoms with Gasteiger partial charge in [0.15, 0.2) is 0 Å². The van der Waals surface area contributed by atoms with Gasteiger partial charge >= 0.3 is 6.61 Å². The highest BCUT2D eigenvalue weighted by Crippen LogP contribution is 2.21. The van der Waals surface area contributed by atoms with E-state index in [2.05, 4.69) is 9.73 Å². The van der Waals surface area contributed by atoms with Gasteiger partial charge in [-0.2, -0.15) is 8.78 Å². The molecule has 2 aromatic rings. The molecule has 0 N–H and O–H groups in total. The monoisotopic (exact) mass is 369 g/mol. The smallest absolute Gasteiger partial charge is 0.387 e. The van der Waals surface area contributed by atoms with Crippen molar-refractivity contribution in [1.82, 2.24) is 0 Å². The normalized spacial score (nSPS) is 16.3. The second-order valence-corrected chi connectivity index (χ2v) is 5.48. The number of ether oxygens (including phenoxy) is 3. The maximum absolute atomic E-state index is 13.7. The molecule has 8 heteroatoms. The van der Waals surface area contributed by atoms with E-state index in [1.165, 1.54) is 30.3 Å². The molecule has 0 fully saturated rings. The molecule has 1 atom stereocenters. The van der Waals surface area contributed by atoms with Crippen LogP contribution in [-0.4, -0.2) is 31.8 Å². The van der Waals surface area contributed by atoms with Crippen LogP contribution < -0.4 is 9.47 Å². The molecule has 0 bridgehead atoms. The van der Waals surface area contributed by atoms with Gasteiger partial charge in [0.1, 0.15) is 35.3 Å². The zero-order valence-electron chi connectivity index (χ0n) is 13.5. The third kappa shape index (κ3) is 4.44. The number of halogens is 4. The highest BCUT2D eigenvalue weighted by atomic mass is 19.3. The van der Waals surface area contributed by atoms with Gasteiger partial charge in [0, 0.05) is 6.42 Å². The Morgan fingerprint density at radius 1 is 1.04 bits per heavy atom. The number of hydrogen-bond acceptors (Lipinski definition) is 4. The molecule has 1 unspecified atom stereocenters. The lowest BCUT2D eigenvalue weighted by molar-refractivity contribution is -0.0498. The first-order valence-corrected chi connectivity index (χ1v) is 7.85. The molecule has 26 heavy (non-hydrogen) atoms. The van der Waals surface area contributed by atoms with Crippen LogP contribution in [-0.2, 0) is 4.74 Å². The van der Waals surface area contributed by atoms with E-state index in [0.29, 0.717) is 12.2 Å². The van der Waals surface area contributed by atoms with Crippen molar-refractivity contribution in [2.45, 2.75) is 19.1 Å². The molecular weight excluding hydrogens is 354 g/mol. The van der Waals surface area contributed by atoms with Gasteiger partial charge in [0.25, 0.3) is 0 Å². The van der Waals surface area contributed by atoms with Crippen LogP contribution in [0.1, 0.15) is 12.0 Å². The summed E-state index contributed by atoms with van der Waals surface area (Å²) in [5.41, 5.74) is -0.273. The van der Waals surface area contributed by atoms with Crippen molar-refractivity contribution < 1.29 is 31.8 Å². The first kappa shape index (κ1) is 18.0. The molecule has 0 aromatic heterocycles. The van der Waals surface area contributed by atoms with Gasteiger partial charge in [0.05, 0.1) is 12.6 Å². The van der Waals surface area contributed by atoms with Crippen LogP contribution in [0.2, 0.25) is 0 Å². The van der Waals surface area contributed by atoms with Crippen LogP contribution in [0.25, 0.3) is 0 Å². The van der Waals surface area contributed by atoms with E-state index in [1.807, 2.05) is 0 Å². The minimum absolute atomic E-state index is 0.0395. The van der Waals surface area contributed by atoms with E-state index >= 15 is 0 Å². The van der Waals surface area contributed by atoms with Crippen molar-refractivity contribution in [3.8, 4) is 11.5 Å². The van der Waals surface area contributed by atoms with Crippen molar-refractivity contribution in [1.29, 1.82) is 0 Å². The zero-order chi connectivity index (χ0) is 18.5. The van der Waals surface area contributed by atoms with E-state index in [0.717, 1.165) is 12.1 Å². The van der Waals surface area contributed by atoms with Crippen molar-refractivity contribution in [3.05, 3.63) is 59.7 Å². The fraction of sp³-hybridized carbons (Fsp3) is 0.278. The minimum Gasteiger partial charge on any atom is -0.494 e. The summed E-state index contributed by atoms with van der Waals surface area (Å²) in [6.45, 7) is -2.40. The summed E-state index contributed by atoms with van der Waals surface area (Å²) in [6.07, 6.45) is 0.467. The largest absolute Gasteiger partial charge is 0.494 e. The van der Waals surface area contributed by atoms with Crippen LogP contribution in [0, 0.1) is 11.6 Å². The Morgan fingerprint density at radius 2 is 1.69 bits per heavy atom. The van der Waals surface area contributed by atoms with Crippen molar-refractivity contribution in [2.75, 3.05) is 13.2 Å². The fourth-order valence-electron chi connectivity index (χ4n) is 2.43. The molecule has 1 aliphatic heterocycles. The molecule has 0 amide bonds. The Morgan fingerprint density at radius 3 is 2.35 bits per heavy atom. The maximum Gasteiger partial charge on any atom is 0.387 e. The highest BCUT2D eigenvalue weighted by molar-refractivity contribution is 5.95. The van der Waals surface area contributed by atoms with E-state index in [4.69, 9.17) is 9.47 Å². The lowest BCUT2D eigenvalue weighted by atomic mass is 10.2. The number of nitrogens with zero attached hydrogens (tertiary/aromatic N) is 1. The number of rotatable bonds is 7. The average Bonchev–Trinajstić information content (AvgIpc) is 3.04. The maximum atomic E-state index is 13.7. The van der Waals surface area contributed by atoms with Crippen LogP contribution >= 0.6 is 0 Å². The lowest BCUT2D eigenvalue weighted by Gasteiger charge is -2.09. The van der Waals surface area contributed by atoms with Crippen molar-refractivity contribution >= 4 is 5.90 Å². The molecule has 2 aromatic carbocycles. The summed E-state index contributed by atoms with van der Waals surface area (Å²) in [7, 11) is 0. The lowest BCUT2D eigenvalue weighted by Crippen LogP contribution is -2.11. The summed E-state index contributed by atoms with van der Waals surface area (Å²) >= 11 is 0. The third-order valence-corrected chi connectivity index (χ3v) is 3.66. The van der Waals surface area contributed by atoms with Gasteiger partial charge in [-0.15, -0.1) is 0 Å². The van der Waals surface area contributed by atoms with E-state index < -0.39 is 18.2 Å². The number of benzene rings is 2. The van der Waals surface area contributed by atoms with Crippen molar-refractivity contribution in [3.63, 3.8) is 0 Å². The van der Waals surface area contributed by atoms with Gasteiger partial charge in [-0.25, -0.2) is 13.8 Å². The molecule has 3 rings (SSSR count). The zero-order valence-corrected chi connectivity index (χ0v) is 13.5. The van der Waals surface area contributed by atoms with Crippen LogP contribution in [0.3, 0.4) is 0 Å². The number of alkyl halides is 2. The second-order valence-electron chi connectivity index (χ2n) is 5.48. The topological polar surface area (TPSA) is 40.0 Å². The Hall–Kier alpha value is -2.77. The van der Waals surface area contributed by atoms with Gasteiger partial charge in [-0.05, 0) is 36.4 Å². The van der Waals surface area contributed by atoms with E-state index in [9.17, 15) is 17.6 Å². The number of aliphatic imine (C=N–C) groups is 1. The quantitative estimate of drug-likeness (QED) is 0.688. The molecule has 1 aliphatic rings. The van der Waals surface area contributed by atoms with Crippen LogP contribution in [0.5, 0.6) is 11.5 Å². The summed E-state index contributed by atoms with van der Waals surface area (Å²) in [6, 6.07) is 9.02. The van der Waals surface area contributed by atoms with Gasteiger partial charge in [-0.1, -0.05) is 6.07 Å². The van der Waals surface area contributed by atoms with Crippen LogP contribution in [0.15, 0.2) is 47.5 Å². The summed E-state index contributed by atoms with van der Waals surface area (Å²) < 4.78 is 66.7. The molecule has 0 aliphatic carbocycles. The first-order chi connectivity index (χ1) is 12.5. The SMILES string of the molecule is Fc1cccc(F)c1C1=NC(CCOc2ccc(OC(F)F)cc2)CO1. The van der Waals surface area contributed by atoms with E-state index in [-0.39, 0.29) is 36.5 Å². The molecule has 138 valence electrons. The van der Waals surface area contributed by atoms with E-state index in [1.54, 1.807) is 0 Å². The van der Waals surface area contributed by atoms with Crippen LogP contribution in [0.4, 0.5) is 17.6 Å². The standard InChI is InChI=1S/C18H15F4NO3/c19-14-2-1-3-15(20)16(14)17-23-11(10-25-17)8-9-24-12-4-6-13(7-5-12)26-18(21)22/h1-7,11,18H,8-10H2. The molecule has 4 nitrogen and oxygen atoms in total. The van der Waals surface area contributed by atoms with Gasteiger partial charge in [0.2, 0.25) is 5.90 Å². The Kier molecular flexibility index (Phi) is 5.60. The summed E-state index contributed by atoms with van der Waals surface area (Å²) in [4.78, 5) is 4.19. The predicted octanol–water partition coefficient (Wildman–Crippen LogP) is 4.18. The van der Waals surface area contributed by atoms with Crippen molar-refractivity contribution in [2.24, 2.45) is 4.99 Å². The van der Waals surface area contributed by atoms with Gasteiger partial charge in [-0.3, -0.25) is 0 Å². The first-order valence-electron chi connectivity index (χ1n) is 7.85. The average molecular weight is 369 g/mol. The minimum atomic E-state index is -2.88. The summed E-state index contributed by atoms with van der Waals surface area (Å²) in [5.74, 6) is -0.995. The number of hydrogen-bond donors (Lipinski definition) is 0. The Bertz CT molecular complexity index is 760. The summed E-state index contributed by atoms with van der Waals surface area (Å²) in [5, 5.41) is 0. The Balaban J connectivity index is 1.52. The molecular formula is C18H15F4NO3. The second kappa shape index (κ2) is 8.07. The predicted molar refractivity (Wildman–Crippen MR) is 85.8 cm³/mol. The molecule has 0 spiro atoms. The Labute approximate surface area is 147 Å². The fourth-order valence-corrected chi connectivity index (χ4v) is 2.43. The third-order valence-electron chi connectivity index (χ3n) is 3.66.